The number of rotatable bonds is 7. The number of carbonyl (C=O) groups is 2. The third-order valence-electron chi connectivity index (χ3n) is 3.51. The zero-order valence-electron chi connectivity index (χ0n) is 11.6. The molecule has 1 saturated heterocycles. The van der Waals surface area contributed by atoms with Crippen molar-refractivity contribution in [1.29, 1.82) is 0 Å². The van der Waals surface area contributed by atoms with Crippen LogP contribution in [0.3, 0.4) is 0 Å². The Kier molecular flexibility index (Phi) is 5.59. The van der Waals surface area contributed by atoms with E-state index in [1.54, 1.807) is 0 Å². The van der Waals surface area contributed by atoms with E-state index in [1.807, 2.05) is 30.3 Å². The SMILES string of the molecule is O=C(O)[C@H](COCc1ccccc1)N1CC(CCl)CC1=O. The summed E-state index contributed by atoms with van der Waals surface area (Å²) in [5, 5.41) is 9.30. The van der Waals surface area contributed by atoms with Gasteiger partial charge in [0.2, 0.25) is 5.91 Å². The number of carboxylic acid groups (broad SMARTS) is 1. The molecule has 1 aromatic carbocycles. The maximum absolute atomic E-state index is 11.9. The van der Waals surface area contributed by atoms with Gasteiger partial charge >= 0.3 is 5.97 Å². The quantitative estimate of drug-likeness (QED) is 0.779. The first-order chi connectivity index (χ1) is 10.1. The zero-order chi connectivity index (χ0) is 15.2. The van der Waals surface area contributed by atoms with E-state index in [0.29, 0.717) is 25.5 Å². The molecule has 1 aromatic rings. The summed E-state index contributed by atoms with van der Waals surface area (Å²) in [5.74, 6) is -0.836. The van der Waals surface area contributed by atoms with E-state index < -0.39 is 12.0 Å². The van der Waals surface area contributed by atoms with Crippen molar-refractivity contribution in [3.8, 4) is 0 Å². The van der Waals surface area contributed by atoms with E-state index in [1.165, 1.54) is 4.90 Å². The molecule has 0 radical (unpaired) electrons. The van der Waals surface area contributed by atoms with E-state index in [-0.39, 0.29) is 18.4 Å². The fraction of sp³-hybridized carbons (Fsp3) is 0.467. The van der Waals surface area contributed by atoms with Gasteiger partial charge in [0.15, 0.2) is 6.04 Å². The molecule has 1 amide bonds. The monoisotopic (exact) mass is 311 g/mol. The summed E-state index contributed by atoms with van der Waals surface area (Å²) in [6.45, 7) is 0.685. The lowest BCUT2D eigenvalue weighted by atomic mass is 10.1. The number of likely N-dealkylation sites (tertiary alicyclic amines) is 1. The molecule has 6 heteroatoms. The molecular formula is C15H18ClNO4. The topological polar surface area (TPSA) is 66.8 Å². The standard InChI is InChI=1S/C15H18ClNO4/c16-7-12-6-14(18)17(8-12)13(15(19)20)10-21-9-11-4-2-1-3-5-11/h1-5,12-13H,6-10H2,(H,19,20)/t12?,13-/m0/s1. The van der Waals surface area contributed by atoms with Crippen molar-refractivity contribution in [2.24, 2.45) is 5.92 Å². The number of halogens is 1. The van der Waals surface area contributed by atoms with Crippen LogP contribution in [0.4, 0.5) is 0 Å². The molecule has 0 spiro atoms. The van der Waals surface area contributed by atoms with E-state index in [0.717, 1.165) is 5.56 Å². The molecule has 5 nitrogen and oxygen atoms in total. The van der Waals surface area contributed by atoms with Crippen molar-refractivity contribution in [2.75, 3.05) is 19.0 Å². The highest BCUT2D eigenvalue weighted by atomic mass is 35.5. The van der Waals surface area contributed by atoms with Crippen molar-refractivity contribution in [3.05, 3.63) is 35.9 Å². The predicted molar refractivity (Wildman–Crippen MR) is 78.1 cm³/mol. The Labute approximate surface area is 128 Å². The lowest BCUT2D eigenvalue weighted by Gasteiger charge is -2.24. The molecule has 0 aliphatic carbocycles. The molecule has 21 heavy (non-hydrogen) atoms. The third-order valence-corrected chi connectivity index (χ3v) is 3.94. The molecule has 2 rings (SSSR count). The summed E-state index contributed by atoms with van der Waals surface area (Å²) in [4.78, 5) is 24.6. The minimum absolute atomic E-state index is 0.0228. The van der Waals surface area contributed by atoms with Gasteiger partial charge in [-0.05, 0) is 11.5 Å². The lowest BCUT2D eigenvalue weighted by Crippen LogP contribution is -2.45. The van der Waals surface area contributed by atoms with Crippen molar-refractivity contribution in [1.82, 2.24) is 4.90 Å². The molecule has 1 unspecified atom stereocenters. The molecule has 0 saturated carbocycles. The van der Waals surface area contributed by atoms with Gasteiger partial charge in [0.1, 0.15) is 0 Å². The zero-order valence-corrected chi connectivity index (χ0v) is 12.3. The second kappa shape index (κ2) is 7.43. The summed E-state index contributed by atoms with van der Waals surface area (Å²) in [5.41, 5.74) is 0.966. The number of hydrogen-bond donors (Lipinski definition) is 1. The Morgan fingerprint density at radius 3 is 2.71 bits per heavy atom. The predicted octanol–water partition coefficient (Wildman–Crippen LogP) is 1.74. The molecule has 0 aromatic heterocycles. The van der Waals surface area contributed by atoms with Crippen molar-refractivity contribution >= 4 is 23.5 Å². The third kappa shape index (κ3) is 4.19. The lowest BCUT2D eigenvalue weighted by molar-refractivity contribution is -0.151. The first-order valence-electron chi connectivity index (χ1n) is 6.81. The second-order valence-electron chi connectivity index (χ2n) is 5.13. The summed E-state index contributed by atoms with van der Waals surface area (Å²) < 4.78 is 5.47. The summed E-state index contributed by atoms with van der Waals surface area (Å²) >= 11 is 5.75. The van der Waals surface area contributed by atoms with Gasteiger partial charge in [0.25, 0.3) is 0 Å². The number of hydrogen-bond acceptors (Lipinski definition) is 3. The van der Waals surface area contributed by atoms with Crippen molar-refractivity contribution < 1.29 is 19.4 Å². The maximum Gasteiger partial charge on any atom is 0.328 e. The Bertz CT molecular complexity index is 494. The Morgan fingerprint density at radius 2 is 2.14 bits per heavy atom. The molecule has 1 aliphatic rings. The fourth-order valence-corrected chi connectivity index (χ4v) is 2.58. The van der Waals surface area contributed by atoms with Gasteiger partial charge in [0, 0.05) is 18.8 Å². The van der Waals surface area contributed by atoms with Crippen LogP contribution in [-0.4, -0.2) is 47.0 Å². The second-order valence-corrected chi connectivity index (χ2v) is 5.43. The molecule has 114 valence electrons. The number of benzene rings is 1. The van der Waals surface area contributed by atoms with Crippen LogP contribution in [0.2, 0.25) is 0 Å². The Hall–Kier alpha value is -1.59. The van der Waals surface area contributed by atoms with E-state index in [4.69, 9.17) is 16.3 Å². The van der Waals surface area contributed by atoms with Gasteiger partial charge in [-0.15, -0.1) is 11.6 Å². The average molecular weight is 312 g/mol. The maximum atomic E-state index is 11.9. The molecular weight excluding hydrogens is 294 g/mol. The van der Waals surface area contributed by atoms with Crippen LogP contribution in [0.1, 0.15) is 12.0 Å². The van der Waals surface area contributed by atoms with Crippen molar-refractivity contribution in [2.45, 2.75) is 19.1 Å². The number of alkyl halides is 1. The fourth-order valence-electron chi connectivity index (χ4n) is 2.37. The molecule has 1 aliphatic heterocycles. The van der Waals surface area contributed by atoms with Crippen LogP contribution in [0.15, 0.2) is 30.3 Å². The van der Waals surface area contributed by atoms with E-state index in [9.17, 15) is 14.7 Å². The van der Waals surface area contributed by atoms with E-state index in [2.05, 4.69) is 0 Å². The van der Waals surface area contributed by atoms with Crippen LogP contribution in [0.25, 0.3) is 0 Å². The summed E-state index contributed by atoms with van der Waals surface area (Å²) in [6.07, 6.45) is 0.311. The number of nitrogens with zero attached hydrogens (tertiary/aromatic N) is 1. The number of ether oxygens (including phenoxy) is 1. The first-order valence-corrected chi connectivity index (χ1v) is 7.35. The molecule has 2 atom stereocenters. The molecule has 1 N–H and O–H groups in total. The number of carbonyl (C=O) groups excluding carboxylic acids is 1. The largest absolute Gasteiger partial charge is 0.480 e. The highest BCUT2D eigenvalue weighted by Crippen LogP contribution is 2.21. The first kappa shape index (κ1) is 15.8. The van der Waals surface area contributed by atoms with Crippen LogP contribution >= 0.6 is 11.6 Å². The van der Waals surface area contributed by atoms with Crippen LogP contribution in [0.5, 0.6) is 0 Å². The Morgan fingerprint density at radius 1 is 1.43 bits per heavy atom. The van der Waals surface area contributed by atoms with Gasteiger partial charge < -0.3 is 14.7 Å². The van der Waals surface area contributed by atoms with Gasteiger partial charge in [-0.2, -0.15) is 0 Å². The summed E-state index contributed by atoms with van der Waals surface area (Å²) in [6, 6.07) is 8.54. The number of amides is 1. The average Bonchev–Trinajstić information content (AvgIpc) is 2.85. The number of aliphatic carboxylic acids is 1. The molecule has 1 fully saturated rings. The van der Waals surface area contributed by atoms with E-state index >= 15 is 0 Å². The highest BCUT2D eigenvalue weighted by molar-refractivity contribution is 6.18. The van der Waals surface area contributed by atoms with Gasteiger partial charge in [-0.3, -0.25) is 4.79 Å². The summed E-state index contributed by atoms with van der Waals surface area (Å²) in [7, 11) is 0. The minimum Gasteiger partial charge on any atom is -0.480 e. The normalized spacial score (nSPS) is 19.8. The van der Waals surface area contributed by atoms with Gasteiger partial charge in [-0.25, -0.2) is 4.79 Å². The smallest absolute Gasteiger partial charge is 0.328 e. The van der Waals surface area contributed by atoms with Crippen LogP contribution < -0.4 is 0 Å². The number of carboxylic acids is 1. The minimum atomic E-state index is -1.05. The molecule has 1 heterocycles. The van der Waals surface area contributed by atoms with Crippen molar-refractivity contribution in [3.63, 3.8) is 0 Å². The highest BCUT2D eigenvalue weighted by Gasteiger charge is 2.37. The Balaban J connectivity index is 1.91. The van der Waals surface area contributed by atoms with Gasteiger partial charge in [-0.1, -0.05) is 30.3 Å². The van der Waals surface area contributed by atoms with Crippen LogP contribution in [-0.2, 0) is 20.9 Å². The van der Waals surface area contributed by atoms with Gasteiger partial charge in [0.05, 0.1) is 13.2 Å². The molecule has 0 bridgehead atoms. The van der Waals surface area contributed by atoms with Crippen LogP contribution in [0, 0.1) is 5.92 Å².